The van der Waals surface area contributed by atoms with E-state index in [-0.39, 0.29) is 34.1 Å². The summed E-state index contributed by atoms with van der Waals surface area (Å²) in [6, 6.07) is 4.57. The third-order valence-corrected chi connectivity index (χ3v) is 3.28. The van der Waals surface area contributed by atoms with Crippen molar-refractivity contribution >= 4 is 5.76 Å². The van der Waals surface area contributed by atoms with Crippen molar-refractivity contribution in [3.8, 4) is 34.5 Å². The lowest BCUT2D eigenvalue weighted by Gasteiger charge is -2.23. The van der Waals surface area contributed by atoms with Crippen LogP contribution in [0.15, 0.2) is 30.3 Å². The van der Waals surface area contributed by atoms with Gasteiger partial charge in [0, 0.05) is 17.7 Å². The molecule has 1 unspecified atom stereocenters. The Morgan fingerprint density at radius 1 is 0.818 bits per heavy atom. The molecule has 0 radical (unpaired) electrons. The van der Waals surface area contributed by atoms with E-state index in [4.69, 9.17) is 4.74 Å². The van der Waals surface area contributed by atoms with Crippen molar-refractivity contribution in [2.75, 3.05) is 0 Å². The fourth-order valence-electron chi connectivity index (χ4n) is 2.26. The summed E-state index contributed by atoms with van der Waals surface area (Å²) in [7, 11) is 0. The number of benzene rings is 2. The van der Waals surface area contributed by atoms with Crippen molar-refractivity contribution in [1.82, 2.24) is 0 Å². The van der Waals surface area contributed by atoms with Crippen molar-refractivity contribution in [3.63, 3.8) is 0 Å². The van der Waals surface area contributed by atoms with Gasteiger partial charge in [0.05, 0.1) is 5.56 Å². The normalized spacial score (nSPS) is 16.6. The minimum atomic E-state index is -1.21. The molecule has 114 valence electrons. The maximum atomic E-state index is 10.1. The average Bonchev–Trinajstić information content (AvgIpc) is 2.42. The summed E-state index contributed by atoms with van der Waals surface area (Å²) in [5.41, 5.74) is 0.286. The SMILES string of the molecule is Oc1cc(O)c2c(c1)OC(c1cc(O)c(O)c(O)c1)=CC2O. The maximum absolute atomic E-state index is 10.1. The second-order valence-electron chi connectivity index (χ2n) is 4.82. The second kappa shape index (κ2) is 4.74. The zero-order valence-electron chi connectivity index (χ0n) is 11.1. The number of fused-ring (bicyclic) bond motifs is 1. The summed E-state index contributed by atoms with van der Waals surface area (Å²) >= 11 is 0. The number of aliphatic hydroxyl groups is 1. The fourth-order valence-corrected chi connectivity index (χ4v) is 2.26. The molecule has 1 aliphatic heterocycles. The summed E-state index contributed by atoms with van der Waals surface area (Å²) in [5, 5.41) is 57.7. The molecule has 1 aliphatic rings. The molecule has 7 nitrogen and oxygen atoms in total. The van der Waals surface area contributed by atoms with Gasteiger partial charge in [-0.3, -0.25) is 0 Å². The zero-order valence-corrected chi connectivity index (χ0v) is 11.1. The lowest BCUT2D eigenvalue weighted by atomic mass is 10.0. The molecular weight excluding hydrogens is 292 g/mol. The lowest BCUT2D eigenvalue weighted by Crippen LogP contribution is -2.09. The number of ether oxygens (including phenoxy) is 1. The molecule has 6 N–H and O–H groups in total. The van der Waals surface area contributed by atoms with Gasteiger partial charge < -0.3 is 35.4 Å². The summed E-state index contributed by atoms with van der Waals surface area (Å²) in [6.07, 6.45) is 0.0436. The lowest BCUT2D eigenvalue weighted by molar-refractivity contribution is 0.211. The Labute approximate surface area is 124 Å². The van der Waals surface area contributed by atoms with Crippen LogP contribution >= 0.6 is 0 Å². The zero-order chi connectivity index (χ0) is 16.0. The van der Waals surface area contributed by atoms with Crippen molar-refractivity contribution in [1.29, 1.82) is 0 Å². The highest BCUT2D eigenvalue weighted by Gasteiger charge is 2.26. The van der Waals surface area contributed by atoms with Crippen LogP contribution in [0.5, 0.6) is 34.5 Å². The van der Waals surface area contributed by atoms with Crippen molar-refractivity contribution in [2.24, 2.45) is 0 Å². The van der Waals surface area contributed by atoms with Crippen molar-refractivity contribution < 1.29 is 35.4 Å². The standard InChI is InChI=1S/C15H12O7/c16-7-3-8(17)14-9(18)5-12(22-13(14)4-7)6-1-10(19)15(21)11(20)2-6/h1-5,9,16-21H. The van der Waals surface area contributed by atoms with Gasteiger partial charge in [-0.1, -0.05) is 0 Å². The number of aliphatic hydroxyl groups excluding tert-OH is 1. The van der Waals surface area contributed by atoms with E-state index in [0.29, 0.717) is 0 Å². The molecule has 0 bridgehead atoms. The van der Waals surface area contributed by atoms with E-state index in [9.17, 15) is 30.6 Å². The van der Waals surface area contributed by atoms with Crippen LogP contribution in [0.4, 0.5) is 0 Å². The Kier molecular flexibility index (Phi) is 3.00. The number of hydrogen-bond acceptors (Lipinski definition) is 7. The van der Waals surface area contributed by atoms with Crippen molar-refractivity contribution in [3.05, 3.63) is 41.5 Å². The van der Waals surface area contributed by atoms with Crippen LogP contribution in [0.25, 0.3) is 5.76 Å². The van der Waals surface area contributed by atoms with Crippen LogP contribution in [-0.2, 0) is 0 Å². The van der Waals surface area contributed by atoms with E-state index >= 15 is 0 Å². The van der Waals surface area contributed by atoms with Gasteiger partial charge in [-0.05, 0) is 18.2 Å². The molecule has 0 saturated heterocycles. The molecule has 0 spiro atoms. The second-order valence-corrected chi connectivity index (χ2v) is 4.82. The molecule has 0 saturated carbocycles. The maximum Gasteiger partial charge on any atom is 0.200 e. The Balaban J connectivity index is 2.08. The van der Waals surface area contributed by atoms with E-state index in [1.165, 1.54) is 12.1 Å². The van der Waals surface area contributed by atoms with Crippen LogP contribution in [-0.4, -0.2) is 30.6 Å². The topological polar surface area (TPSA) is 131 Å². The first kappa shape index (κ1) is 13.9. The third kappa shape index (κ3) is 2.13. The quantitative estimate of drug-likeness (QED) is 0.442. The summed E-state index contributed by atoms with van der Waals surface area (Å²) in [4.78, 5) is 0. The largest absolute Gasteiger partial charge is 0.508 e. The highest BCUT2D eigenvalue weighted by Crippen LogP contribution is 2.45. The number of aromatic hydroxyl groups is 5. The molecule has 2 aromatic rings. The Hall–Kier alpha value is -3.06. The molecule has 0 amide bonds. The van der Waals surface area contributed by atoms with E-state index in [0.717, 1.165) is 18.2 Å². The first-order valence-corrected chi connectivity index (χ1v) is 6.25. The predicted octanol–water partition coefficient (Wildman–Crippen LogP) is 1.68. The number of hydrogen-bond donors (Lipinski definition) is 6. The first-order chi connectivity index (χ1) is 10.4. The van der Waals surface area contributed by atoms with Crippen LogP contribution in [0.3, 0.4) is 0 Å². The first-order valence-electron chi connectivity index (χ1n) is 6.25. The molecule has 22 heavy (non-hydrogen) atoms. The third-order valence-electron chi connectivity index (χ3n) is 3.28. The van der Waals surface area contributed by atoms with Gasteiger partial charge in [-0.25, -0.2) is 0 Å². The highest BCUT2D eigenvalue weighted by molar-refractivity contribution is 5.71. The fraction of sp³-hybridized carbons (Fsp3) is 0.0667. The van der Waals surface area contributed by atoms with Gasteiger partial charge in [0.25, 0.3) is 0 Å². The van der Waals surface area contributed by atoms with Crippen LogP contribution in [0.1, 0.15) is 17.2 Å². The monoisotopic (exact) mass is 304 g/mol. The molecule has 7 heteroatoms. The molecular formula is C15H12O7. The van der Waals surface area contributed by atoms with Gasteiger partial charge in [0.1, 0.15) is 29.1 Å². The van der Waals surface area contributed by atoms with E-state index in [1.807, 2.05) is 0 Å². The number of phenols is 5. The molecule has 0 aliphatic carbocycles. The van der Waals surface area contributed by atoms with E-state index in [2.05, 4.69) is 0 Å². The van der Waals surface area contributed by atoms with Crippen LogP contribution in [0.2, 0.25) is 0 Å². The summed E-state index contributed by atoms with van der Waals surface area (Å²) in [6.45, 7) is 0. The van der Waals surface area contributed by atoms with Crippen molar-refractivity contribution in [2.45, 2.75) is 6.10 Å². The Bertz CT molecular complexity index is 772. The Morgan fingerprint density at radius 3 is 2.09 bits per heavy atom. The number of phenolic OH excluding ortho intramolecular Hbond substituents is 5. The van der Waals surface area contributed by atoms with Gasteiger partial charge >= 0.3 is 0 Å². The molecule has 1 heterocycles. The van der Waals surface area contributed by atoms with Crippen LogP contribution < -0.4 is 4.74 Å². The summed E-state index contributed by atoms with van der Waals surface area (Å²) in [5.74, 6) is -2.24. The molecule has 0 aromatic heterocycles. The average molecular weight is 304 g/mol. The molecule has 2 aromatic carbocycles. The van der Waals surface area contributed by atoms with Crippen LogP contribution in [0, 0.1) is 0 Å². The summed E-state index contributed by atoms with van der Waals surface area (Å²) < 4.78 is 5.48. The smallest absolute Gasteiger partial charge is 0.200 e. The van der Waals surface area contributed by atoms with E-state index in [1.54, 1.807) is 0 Å². The molecule has 0 fully saturated rings. The molecule has 3 rings (SSSR count). The Morgan fingerprint density at radius 2 is 1.45 bits per heavy atom. The van der Waals surface area contributed by atoms with Gasteiger partial charge in [0.2, 0.25) is 0 Å². The minimum absolute atomic E-state index is 0.0366. The van der Waals surface area contributed by atoms with Gasteiger partial charge in [-0.15, -0.1) is 0 Å². The minimum Gasteiger partial charge on any atom is -0.508 e. The predicted molar refractivity (Wildman–Crippen MR) is 74.8 cm³/mol. The molecule has 1 atom stereocenters. The van der Waals surface area contributed by atoms with Gasteiger partial charge in [-0.2, -0.15) is 0 Å². The number of rotatable bonds is 1. The highest BCUT2D eigenvalue weighted by atomic mass is 16.5. The van der Waals surface area contributed by atoms with E-state index < -0.39 is 23.4 Å². The van der Waals surface area contributed by atoms with Gasteiger partial charge in [0.15, 0.2) is 17.2 Å².